The van der Waals surface area contributed by atoms with Crippen LogP contribution in [-0.2, 0) is 0 Å². The van der Waals surface area contributed by atoms with Gasteiger partial charge in [-0.3, -0.25) is 9.59 Å². The Kier molecular flexibility index (Phi) is 3.74. The lowest BCUT2D eigenvalue weighted by atomic mass is 10.00. The van der Waals surface area contributed by atoms with Crippen molar-refractivity contribution < 1.29 is 19.5 Å². The van der Waals surface area contributed by atoms with Gasteiger partial charge in [-0.1, -0.05) is 42.5 Å². The Labute approximate surface area is 154 Å². The number of carbonyl (C=O) groups excluding carboxylic acids is 2. The van der Waals surface area contributed by atoms with E-state index in [4.69, 9.17) is 10.8 Å². The second-order valence-corrected chi connectivity index (χ2v) is 6.13. The van der Waals surface area contributed by atoms with E-state index in [-0.39, 0.29) is 28.3 Å². The smallest absolute Gasteiger partial charge is 0.337 e. The number of carboxylic acids is 1. The highest BCUT2D eigenvalue weighted by Crippen LogP contribution is 2.38. The Balaban J connectivity index is 1.75. The number of carbonyl (C=O) groups is 3. The van der Waals surface area contributed by atoms with Gasteiger partial charge < -0.3 is 16.2 Å². The zero-order valence-electron chi connectivity index (χ0n) is 14.0. The average Bonchev–Trinajstić information content (AvgIpc) is 2.96. The number of ketones is 1. The second kappa shape index (κ2) is 6.10. The molecule has 0 bridgehead atoms. The Hall–Kier alpha value is -3.93. The normalized spacial score (nSPS) is 11.6. The zero-order valence-corrected chi connectivity index (χ0v) is 14.0. The van der Waals surface area contributed by atoms with Gasteiger partial charge in [0, 0.05) is 11.1 Å². The molecule has 0 saturated carbocycles. The third kappa shape index (κ3) is 2.55. The Morgan fingerprint density at radius 1 is 0.815 bits per heavy atom. The molecular weight excluding hydrogens is 344 g/mol. The third-order valence-electron chi connectivity index (χ3n) is 4.58. The molecule has 132 valence electrons. The number of nitrogens with one attached hydrogen (secondary N) is 1. The van der Waals surface area contributed by atoms with Gasteiger partial charge in [0.25, 0.3) is 5.91 Å². The van der Waals surface area contributed by atoms with Crippen molar-refractivity contribution in [3.05, 3.63) is 82.9 Å². The number of nitrogen functional groups attached to an aromatic ring is 1. The number of carboxylic acid groups (broad SMARTS) is 1. The maximum atomic E-state index is 12.8. The number of anilines is 2. The monoisotopic (exact) mass is 358 g/mol. The largest absolute Gasteiger partial charge is 0.478 e. The summed E-state index contributed by atoms with van der Waals surface area (Å²) in [5.74, 6) is -1.92. The van der Waals surface area contributed by atoms with Crippen LogP contribution in [0.5, 0.6) is 0 Å². The lowest BCUT2D eigenvalue weighted by Crippen LogP contribution is -2.17. The minimum absolute atomic E-state index is 0.0412. The number of hydrogen-bond donors (Lipinski definition) is 3. The molecule has 3 aromatic rings. The number of aromatic carboxylic acids is 1. The first kappa shape index (κ1) is 16.5. The number of benzene rings is 3. The van der Waals surface area contributed by atoms with Gasteiger partial charge >= 0.3 is 5.97 Å². The van der Waals surface area contributed by atoms with Gasteiger partial charge in [0.05, 0.1) is 22.5 Å². The number of rotatable bonds is 3. The lowest BCUT2D eigenvalue weighted by Gasteiger charge is -2.12. The maximum Gasteiger partial charge on any atom is 0.337 e. The molecule has 6 heteroatoms. The first-order chi connectivity index (χ1) is 13.0. The van der Waals surface area contributed by atoms with Crippen molar-refractivity contribution in [2.24, 2.45) is 0 Å². The van der Waals surface area contributed by atoms with E-state index < -0.39 is 11.9 Å². The van der Waals surface area contributed by atoms with E-state index in [0.29, 0.717) is 16.7 Å². The van der Waals surface area contributed by atoms with Crippen molar-refractivity contribution in [3.8, 4) is 11.1 Å². The van der Waals surface area contributed by atoms with Crippen molar-refractivity contribution in [3.63, 3.8) is 0 Å². The topological polar surface area (TPSA) is 109 Å². The lowest BCUT2D eigenvalue weighted by molar-refractivity contribution is 0.0697. The standard InChI is InChI=1S/C21H14N2O4/c22-18-15(21(26)27)9-4-10-16(18)23-20(25)14-8-3-7-12-11-5-1-2-6-13(11)19(24)17(12)14/h1-10H,22H2,(H,23,25)(H,26,27). The molecule has 0 aromatic heterocycles. The predicted molar refractivity (Wildman–Crippen MR) is 101 cm³/mol. The zero-order chi connectivity index (χ0) is 19.1. The summed E-state index contributed by atoms with van der Waals surface area (Å²) < 4.78 is 0. The second-order valence-electron chi connectivity index (χ2n) is 6.13. The van der Waals surface area contributed by atoms with Crippen molar-refractivity contribution in [2.75, 3.05) is 11.1 Å². The molecule has 3 aromatic carbocycles. The first-order valence-electron chi connectivity index (χ1n) is 8.19. The van der Waals surface area contributed by atoms with Gasteiger partial charge in [-0.15, -0.1) is 0 Å². The van der Waals surface area contributed by atoms with Gasteiger partial charge in [-0.05, 0) is 29.3 Å². The van der Waals surface area contributed by atoms with Gasteiger partial charge in [0.1, 0.15) is 0 Å². The maximum absolute atomic E-state index is 12.8. The highest BCUT2D eigenvalue weighted by atomic mass is 16.4. The van der Waals surface area contributed by atoms with Gasteiger partial charge in [-0.25, -0.2) is 4.79 Å². The first-order valence-corrected chi connectivity index (χ1v) is 8.19. The predicted octanol–water partition coefficient (Wildman–Crippen LogP) is 3.43. The van der Waals surface area contributed by atoms with Gasteiger partial charge in [-0.2, -0.15) is 0 Å². The summed E-state index contributed by atoms with van der Waals surface area (Å²) in [7, 11) is 0. The van der Waals surface area contributed by atoms with E-state index >= 15 is 0 Å². The van der Waals surface area contributed by atoms with E-state index in [1.165, 1.54) is 18.2 Å². The SMILES string of the molecule is Nc1c(NC(=O)c2cccc3c2C(=O)c2ccccc2-3)cccc1C(=O)O. The van der Waals surface area contributed by atoms with E-state index in [9.17, 15) is 14.4 Å². The van der Waals surface area contributed by atoms with Crippen LogP contribution in [-0.4, -0.2) is 22.8 Å². The molecule has 0 heterocycles. The molecule has 1 aliphatic carbocycles. The highest BCUT2D eigenvalue weighted by molar-refractivity contribution is 6.27. The molecule has 1 amide bonds. The van der Waals surface area contributed by atoms with E-state index in [0.717, 1.165) is 5.56 Å². The molecule has 0 saturated heterocycles. The quantitative estimate of drug-likeness (QED) is 0.486. The summed E-state index contributed by atoms with van der Waals surface area (Å²) in [4.78, 5) is 36.8. The molecule has 1 aliphatic rings. The van der Waals surface area contributed by atoms with Crippen molar-refractivity contribution >= 4 is 29.0 Å². The summed E-state index contributed by atoms with van der Waals surface area (Å²) in [5.41, 5.74) is 8.50. The summed E-state index contributed by atoms with van der Waals surface area (Å²) >= 11 is 0. The van der Waals surface area contributed by atoms with Crippen molar-refractivity contribution in [1.82, 2.24) is 0 Å². The molecule has 0 fully saturated rings. The van der Waals surface area contributed by atoms with Crippen LogP contribution in [0, 0.1) is 0 Å². The van der Waals surface area contributed by atoms with Crippen molar-refractivity contribution in [1.29, 1.82) is 0 Å². The van der Waals surface area contributed by atoms with E-state index in [1.807, 2.05) is 12.1 Å². The van der Waals surface area contributed by atoms with Crippen LogP contribution in [0.3, 0.4) is 0 Å². The minimum atomic E-state index is -1.19. The molecule has 4 rings (SSSR count). The molecule has 0 radical (unpaired) electrons. The Bertz CT molecular complexity index is 1130. The summed E-state index contributed by atoms with van der Waals surface area (Å²) in [6.07, 6.45) is 0. The van der Waals surface area contributed by atoms with Gasteiger partial charge in [0.15, 0.2) is 5.78 Å². The van der Waals surface area contributed by atoms with E-state index in [1.54, 1.807) is 30.3 Å². The molecule has 0 atom stereocenters. The molecule has 6 nitrogen and oxygen atoms in total. The number of fused-ring (bicyclic) bond motifs is 3. The fraction of sp³-hybridized carbons (Fsp3) is 0. The molecule has 4 N–H and O–H groups in total. The van der Waals surface area contributed by atoms with E-state index in [2.05, 4.69) is 5.32 Å². The van der Waals surface area contributed by atoms with Crippen LogP contribution in [0.4, 0.5) is 11.4 Å². The van der Waals surface area contributed by atoms with Crippen LogP contribution in [0.2, 0.25) is 0 Å². The Morgan fingerprint density at radius 2 is 1.44 bits per heavy atom. The third-order valence-corrected chi connectivity index (χ3v) is 4.58. The fourth-order valence-corrected chi connectivity index (χ4v) is 3.31. The molecular formula is C21H14N2O4. The molecule has 0 unspecified atom stereocenters. The molecule has 27 heavy (non-hydrogen) atoms. The number of amides is 1. The van der Waals surface area contributed by atoms with Crippen molar-refractivity contribution in [2.45, 2.75) is 0 Å². The van der Waals surface area contributed by atoms with Crippen LogP contribution >= 0.6 is 0 Å². The minimum Gasteiger partial charge on any atom is -0.478 e. The average molecular weight is 358 g/mol. The Morgan fingerprint density at radius 3 is 2.19 bits per heavy atom. The number of nitrogens with two attached hydrogens (primary N) is 1. The van der Waals surface area contributed by atoms with Crippen LogP contribution in [0.15, 0.2) is 60.7 Å². The van der Waals surface area contributed by atoms with Crippen LogP contribution in [0.25, 0.3) is 11.1 Å². The summed E-state index contributed by atoms with van der Waals surface area (Å²) in [5, 5.41) is 11.8. The van der Waals surface area contributed by atoms with Gasteiger partial charge in [0.2, 0.25) is 0 Å². The molecule has 0 aliphatic heterocycles. The fourth-order valence-electron chi connectivity index (χ4n) is 3.31. The number of hydrogen-bond acceptors (Lipinski definition) is 4. The summed E-state index contributed by atoms with van der Waals surface area (Å²) in [6, 6.07) is 16.6. The summed E-state index contributed by atoms with van der Waals surface area (Å²) in [6.45, 7) is 0. The molecule has 0 spiro atoms. The van der Waals surface area contributed by atoms with Crippen LogP contribution < -0.4 is 11.1 Å². The highest BCUT2D eigenvalue weighted by Gasteiger charge is 2.30. The van der Waals surface area contributed by atoms with Crippen LogP contribution in [0.1, 0.15) is 36.6 Å². The number of para-hydroxylation sites is 1.